The van der Waals surface area contributed by atoms with Gasteiger partial charge in [-0.15, -0.1) is 0 Å². The minimum absolute atomic E-state index is 0.0761. The zero-order chi connectivity index (χ0) is 39.3. The van der Waals surface area contributed by atoms with Crippen LogP contribution >= 0.6 is 0 Å². The van der Waals surface area contributed by atoms with E-state index in [0.717, 1.165) is 47.3 Å². The van der Waals surface area contributed by atoms with Crippen molar-refractivity contribution in [3.8, 4) is 33.4 Å². The van der Waals surface area contributed by atoms with Gasteiger partial charge in [0.2, 0.25) is 0 Å². The van der Waals surface area contributed by atoms with Crippen LogP contribution in [0.4, 0.5) is 17.1 Å². The summed E-state index contributed by atoms with van der Waals surface area (Å²) in [4.78, 5) is 2.75. The summed E-state index contributed by atoms with van der Waals surface area (Å²) in [7, 11) is 0. The highest BCUT2D eigenvalue weighted by Gasteiger charge is 2.63. The van der Waals surface area contributed by atoms with Gasteiger partial charge in [-0.05, 0) is 203 Å². The highest BCUT2D eigenvalue weighted by molar-refractivity contribution is 5.97. The fourth-order valence-corrected chi connectivity index (χ4v) is 17.9. The van der Waals surface area contributed by atoms with E-state index in [2.05, 4.69) is 146 Å². The second kappa shape index (κ2) is 11.3. The molecule has 0 radical (unpaired) electrons. The van der Waals surface area contributed by atoms with Gasteiger partial charge in [-0.3, -0.25) is 0 Å². The van der Waals surface area contributed by atoms with Crippen LogP contribution in [0.15, 0.2) is 127 Å². The Hall–Kier alpha value is -4.88. The van der Waals surface area contributed by atoms with Crippen molar-refractivity contribution in [2.24, 2.45) is 47.3 Å². The summed E-state index contributed by atoms with van der Waals surface area (Å²) in [5.74, 6) is 6.69. The number of fused-ring (bicyclic) bond motifs is 9. The molecule has 0 N–H and O–H groups in total. The standard InChI is InChI=1S/C59H55N/c1-57(2)49-13-6-3-10-44(49)46-20-18-42(32-53(46)57)60(43-19-21-47-45-11-4-7-14-50(45)59(54(47)33-43)40-28-36-23-37(30-40)31-41(59)29-36)55-17-9-16-52-56(55)48-12-5-8-15-51(48)58(52)38-24-34-22-35(26-38)27-39(58)25-34/h3-21,32-41H,22-31H2,1-2H3. The number of anilines is 3. The molecule has 6 aromatic rings. The van der Waals surface area contributed by atoms with Crippen molar-refractivity contribution in [3.05, 3.63) is 161 Å². The van der Waals surface area contributed by atoms with Gasteiger partial charge in [0, 0.05) is 33.2 Å². The quantitative estimate of drug-likeness (QED) is 0.173. The topological polar surface area (TPSA) is 3.24 Å². The molecule has 0 heterocycles. The SMILES string of the molecule is CC1(C)c2ccccc2-c2ccc(N(c3ccc4c(c3)C3(c5ccccc5-4)C4CC5CC(C4)CC3C5)c3cccc4c3-c3ccccc3C43C4CC5CC(C4)CC3C5)cc21. The van der Waals surface area contributed by atoms with E-state index < -0.39 is 0 Å². The number of nitrogens with zero attached hydrogens (tertiary/aromatic N) is 1. The second-order valence-corrected chi connectivity index (χ2v) is 22.1. The number of rotatable bonds is 3. The van der Waals surface area contributed by atoms with Crippen molar-refractivity contribution in [2.45, 2.75) is 94.3 Å². The van der Waals surface area contributed by atoms with Crippen molar-refractivity contribution >= 4 is 17.1 Å². The summed E-state index contributed by atoms with van der Waals surface area (Å²) in [6.45, 7) is 4.89. The van der Waals surface area contributed by atoms with Crippen molar-refractivity contribution in [3.63, 3.8) is 0 Å². The molecule has 2 spiro atoms. The molecule has 8 fully saturated rings. The first kappa shape index (κ1) is 33.8. The highest BCUT2D eigenvalue weighted by atomic mass is 15.1. The summed E-state index contributed by atoms with van der Waals surface area (Å²) in [6, 6.07) is 51.4. The van der Waals surface area contributed by atoms with Gasteiger partial charge in [0.25, 0.3) is 0 Å². The van der Waals surface area contributed by atoms with Gasteiger partial charge < -0.3 is 4.90 Å². The molecule has 60 heavy (non-hydrogen) atoms. The Labute approximate surface area is 356 Å². The summed E-state index contributed by atoms with van der Waals surface area (Å²) in [6.07, 6.45) is 14.2. The maximum absolute atomic E-state index is 2.75. The zero-order valence-corrected chi connectivity index (χ0v) is 35.3. The Morgan fingerprint density at radius 3 is 1.37 bits per heavy atom. The minimum atomic E-state index is -0.0761. The van der Waals surface area contributed by atoms with Crippen molar-refractivity contribution < 1.29 is 0 Å². The lowest BCUT2D eigenvalue weighted by Crippen LogP contribution is -2.55. The van der Waals surface area contributed by atoms with Gasteiger partial charge >= 0.3 is 0 Å². The van der Waals surface area contributed by atoms with Crippen molar-refractivity contribution in [1.29, 1.82) is 0 Å². The Kier molecular flexibility index (Phi) is 6.38. The molecule has 6 aromatic carbocycles. The molecule has 11 aliphatic rings. The average Bonchev–Trinajstić information content (AvgIpc) is 3.81. The van der Waals surface area contributed by atoms with Gasteiger partial charge in [0.05, 0.1) is 5.69 Å². The van der Waals surface area contributed by atoms with Crippen LogP contribution in [0.1, 0.15) is 111 Å². The Balaban J connectivity index is 0.987. The lowest BCUT2D eigenvalue weighted by atomic mass is 9.43. The molecule has 0 saturated heterocycles. The molecule has 8 bridgehead atoms. The van der Waals surface area contributed by atoms with E-state index in [-0.39, 0.29) is 16.2 Å². The van der Waals surface area contributed by atoms with Crippen LogP contribution < -0.4 is 4.90 Å². The monoisotopic (exact) mass is 777 g/mol. The lowest BCUT2D eigenvalue weighted by molar-refractivity contribution is -0.0399. The second-order valence-electron chi connectivity index (χ2n) is 22.1. The third-order valence-electron chi connectivity index (χ3n) is 19.4. The third kappa shape index (κ3) is 3.91. The van der Waals surface area contributed by atoms with E-state index in [1.165, 1.54) is 126 Å². The first-order chi connectivity index (χ1) is 29.4. The smallest absolute Gasteiger partial charge is 0.0543 e. The average molecular weight is 778 g/mol. The Bertz CT molecular complexity index is 2800. The summed E-state index contributed by atoms with van der Waals surface area (Å²) in [5, 5.41) is 0. The van der Waals surface area contributed by atoms with Gasteiger partial charge in [0.1, 0.15) is 0 Å². The number of benzene rings is 6. The molecule has 17 rings (SSSR count). The predicted molar refractivity (Wildman–Crippen MR) is 245 cm³/mol. The zero-order valence-electron chi connectivity index (χ0n) is 35.3. The fourth-order valence-electron chi connectivity index (χ4n) is 17.9. The first-order valence-electron chi connectivity index (χ1n) is 23.9. The molecule has 1 heteroatoms. The number of hydrogen-bond acceptors (Lipinski definition) is 1. The van der Waals surface area contributed by atoms with Crippen LogP contribution in [0.5, 0.6) is 0 Å². The van der Waals surface area contributed by atoms with Crippen LogP contribution in [0, 0.1) is 47.3 Å². The van der Waals surface area contributed by atoms with Crippen LogP contribution in [-0.4, -0.2) is 0 Å². The van der Waals surface area contributed by atoms with E-state index in [1.807, 2.05) is 0 Å². The van der Waals surface area contributed by atoms with E-state index >= 15 is 0 Å². The van der Waals surface area contributed by atoms with E-state index in [9.17, 15) is 0 Å². The molecule has 296 valence electrons. The lowest BCUT2D eigenvalue weighted by Gasteiger charge is -2.61. The Morgan fingerprint density at radius 1 is 0.367 bits per heavy atom. The normalized spacial score (nSPS) is 34.1. The van der Waals surface area contributed by atoms with Gasteiger partial charge in [-0.25, -0.2) is 0 Å². The van der Waals surface area contributed by atoms with Gasteiger partial charge in [-0.2, -0.15) is 0 Å². The summed E-state index contributed by atoms with van der Waals surface area (Å²) in [5.41, 5.74) is 22.4. The molecular formula is C59H55N. The number of hydrogen-bond donors (Lipinski definition) is 0. The first-order valence-corrected chi connectivity index (χ1v) is 23.9. The van der Waals surface area contributed by atoms with Gasteiger partial charge in [0.15, 0.2) is 0 Å². The van der Waals surface area contributed by atoms with Crippen LogP contribution in [0.3, 0.4) is 0 Å². The molecule has 0 aliphatic heterocycles. The maximum Gasteiger partial charge on any atom is 0.0543 e. The van der Waals surface area contributed by atoms with Gasteiger partial charge in [-0.1, -0.05) is 111 Å². The predicted octanol–water partition coefficient (Wildman–Crippen LogP) is 14.9. The van der Waals surface area contributed by atoms with Crippen LogP contribution in [-0.2, 0) is 16.2 Å². The molecule has 0 aromatic heterocycles. The Morgan fingerprint density at radius 2 is 0.783 bits per heavy atom. The molecule has 1 nitrogen and oxygen atoms in total. The van der Waals surface area contributed by atoms with E-state index in [0.29, 0.717) is 0 Å². The molecule has 0 unspecified atom stereocenters. The molecule has 8 saturated carbocycles. The molecule has 11 aliphatic carbocycles. The minimum Gasteiger partial charge on any atom is -0.310 e. The summed E-state index contributed by atoms with van der Waals surface area (Å²) < 4.78 is 0. The maximum atomic E-state index is 2.75. The van der Waals surface area contributed by atoms with Crippen molar-refractivity contribution in [1.82, 2.24) is 0 Å². The molecule has 0 amide bonds. The molecule has 0 atom stereocenters. The largest absolute Gasteiger partial charge is 0.310 e. The summed E-state index contributed by atoms with van der Waals surface area (Å²) >= 11 is 0. The highest BCUT2D eigenvalue weighted by Crippen LogP contribution is 2.72. The van der Waals surface area contributed by atoms with E-state index in [1.54, 1.807) is 22.3 Å². The molecular weight excluding hydrogens is 723 g/mol. The van der Waals surface area contributed by atoms with Crippen LogP contribution in [0.25, 0.3) is 33.4 Å². The van der Waals surface area contributed by atoms with Crippen molar-refractivity contribution in [2.75, 3.05) is 4.90 Å². The fraction of sp³-hybridized carbons (Fsp3) is 0.390. The van der Waals surface area contributed by atoms with E-state index in [4.69, 9.17) is 0 Å². The third-order valence-corrected chi connectivity index (χ3v) is 19.4. The van der Waals surface area contributed by atoms with Crippen LogP contribution in [0.2, 0.25) is 0 Å².